The van der Waals surface area contributed by atoms with E-state index in [0.717, 1.165) is 19.3 Å². The van der Waals surface area contributed by atoms with Gasteiger partial charge in [-0.25, -0.2) is 14.4 Å². The number of hydrogen-bond acceptors (Lipinski definition) is 32. The van der Waals surface area contributed by atoms with Crippen molar-refractivity contribution in [3.05, 3.63) is 0 Å². The number of unbranched alkanes of at least 4 members (excludes halogenated alkanes) is 10. The van der Waals surface area contributed by atoms with Crippen molar-refractivity contribution in [1.82, 2.24) is 58.1 Å². The van der Waals surface area contributed by atoms with E-state index >= 15 is 0 Å². The van der Waals surface area contributed by atoms with Crippen LogP contribution in [0.4, 0.5) is 14.4 Å². The van der Waals surface area contributed by atoms with Gasteiger partial charge < -0.3 is 156 Å². The molecule has 0 aromatic heterocycles. The number of nitrogens with zero attached hydrogens (tertiary/aromatic N) is 1. The average Bonchev–Trinajstić information content (AvgIpc) is 0.960. The number of Topliss-reactive ketones (excluding diaryl/α,β-unsaturated/α-hetero) is 1. The minimum atomic E-state index is -1.46. The number of hydrogen-bond donors (Lipinski definition) is 19. The highest BCUT2D eigenvalue weighted by Crippen LogP contribution is 2.30. The quantitative estimate of drug-likeness (QED) is 0.0251. The molecule has 4 fully saturated rings. The van der Waals surface area contributed by atoms with E-state index < -0.39 is 159 Å². The van der Waals surface area contributed by atoms with Crippen molar-refractivity contribution in [2.75, 3.05) is 126 Å². The van der Waals surface area contributed by atoms with Crippen molar-refractivity contribution in [3.63, 3.8) is 0 Å². The lowest BCUT2D eigenvalue weighted by atomic mass is 9.83. The molecule has 4 aliphatic heterocycles. The van der Waals surface area contributed by atoms with Gasteiger partial charge in [0.25, 0.3) is 0 Å². The van der Waals surface area contributed by atoms with Crippen LogP contribution in [0, 0.1) is 0 Å². The predicted octanol–water partition coefficient (Wildman–Crippen LogP) is -1.22. The van der Waals surface area contributed by atoms with Gasteiger partial charge in [0.05, 0.1) is 78.2 Å². The molecule has 0 aromatic rings. The van der Waals surface area contributed by atoms with Crippen LogP contribution in [0.2, 0.25) is 0 Å². The molecule has 4 rings (SSSR count). The topological polar surface area (TPSA) is 612 Å². The van der Waals surface area contributed by atoms with Gasteiger partial charge in [0.2, 0.25) is 47.3 Å². The van der Waals surface area contributed by atoms with Crippen LogP contribution in [0.1, 0.15) is 220 Å². The van der Waals surface area contributed by atoms with E-state index in [2.05, 4.69) is 53.2 Å². The molecule has 4 saturated heterocycles. The van der Waals surface area contributed by atoms with Crippen molar-refractivity contribution in [3.8, 4) is 0 Å². The second-order valence-electron chi connectivity index (χ2n) is 32.3. The Bertz CT molecular complexity index is 2920. The summed E-state index contributed by atoms with van der Waals surface area (Å²) in [6, 6.07) is -3.42. The molecule has 43 nitrogen and oxygen atoms in total. The Kier molecular flexibility index (Phi) is 56.6. The van der Waals surface area contributed by atoms with E-state index in [-0.39, 0.29) is 184 Å². The van der Waals surface area contributed by atoms with E-state index in [1.165, 1.54) is 20.8 Å². The molecule has 15 unspecified atom stereocenters. The monoisotopic (exact) mass is 1810 g/mol. The Hall–Kier alpha value is -7.44. The maximum absolute atomic E-state index is 14.2. The summed E-state index contributed by atoms with van der Waals surface area (Å²) in [6.07, 6.45) is -5.55. The number of alkyl carbamates (subject to hydrolysis) is 3. The van der Waals surface area contributed by atoms with Gasteiger partial charge in [-0.2, -0.15) is 0 Å². The summed E-state index contributed by atoms with van der Waals surface area (Å²) in [6.45, 7) is 4.62. The fourth-order valence-electron chi connectivity index (χ4n) is 15.1. The van der Waals surface area contributed by atoms with E-state index in [4.69, 9.17) is 52.1 Å². The first-order valence-corrected chi connectivity index (χ1v) is 44.7. The van der Waals surface area contributed by atoms with Crippen molar-refractivity contribution in [1.29, 1.82) is 0 Å². The van der Waals surface area contributed by atoms with E-state index in [9.17, 15) is 103 Å². The molecule has 0 aliphatic carbocycles. The number of amides is 11. The number of likely N-dealkylation sites (tertiary alicyclic amines) is 1. The lowest BCUT2D eigenvalue weighted by molar-refractivity contribution is -0.270. The number of carbonyl (C=O) groups is 12. The van der Waals surface area contributed by atoms with Crippen LogP contribution in [0.25, 0.3) is 0 Å². The van der Waals surface area contributed by atoms with Crippen LogP contribution < -0.4 is 53.2 Å². The molecular formula is C83H147N11O32. The minimum absolute atomic E-state index is 0.0193. The van der Waals surface area contributed by atoms with Crippen LogP contribution in [0.15, 0.2) is 0 Å². The van der Waals surface area contributed by atoms with Crippen LogP contribution in [0.3, 0.4) is 0 Å². The predicted molar refractivity (Wildman–Crippen MR) is 448 cm³/mol. The van der Waals surface area contributed by atoms with Crippen LogP contribution in [0.5, 0.6) is 0 Å². The maximum Gasteiger partial charge on any atom is 0.407 e. The molecule has 19 N–H and O–H groups in total. The van der Waals surface area contributed by atoms with E-state index in [1.807, 2.05) is 0 Å². The summed E-state index contributed by atoms with van der Waals surface area (Å²) in [4.78, 5) is 155. The zero-order chi connectivity index (χ0) is 92.6. The third-order valence-electron chi connectivity index (χ3n) is 21.9. The molecule has 4 heterocycles. The Balaban J connectivity index is 1.29. The van der Waals surface area contributed by atoms with Gasteiger partial charge in [0.1, 0.15) is 78.8 Å². The summed E-state index contributed by atoms with van der Waals surface area (Å²) in [7, 11) is 3.18. The Morgan fingerprint density at radius 1 is 0.373 bits per heavy atom. The second-order valence-corrected chi connectivity index (χ2v) is 32.3. The lowest BCUT2D eigenvalue weighted by Gasteiger charge is -2.42. The van der Waals surface area contributed by atoms with E-state index in [0.29, 0.717) is 129 Å². The van der Waals surface area contributed by atoms with Gasteiger partial charge in [0.15, 0.2) is 18.9 Å². The van der Waals surface area contributed by atoms with Crippen LogP contribution in [-0.4, -0.2) is 358 Å². The molecule has 0 bridgehead atoms. The maximum atomic E-state index is 14.2. The number of ketones is 1. The summed E-state index contributed by atoms with van der Waals surface area (Å²) in [5, 5.41) is 118. The second kappa shape index (κ2) is 64.3. The van der Waals surface area contributed by atoms with Gasteiger partial charge in [-0.3, -0.25) is 43.2 Å². The SMILES string of the molecule is COC[C@H]1C[C@H](OC)CN1C(=O)CCCCC(=O)CCC(=O)NC(CCCOC(=O)NCCCCCCNC(=O)CCCOC1OC(CO)C(O)C(O)C1NC(C)=O)(CCCOC(=O)NCCCCCCNC(=O)CCCOC1OC(CO)C(O)C(O)C1NC(C)=O)CCCOC(=O)NCCCCCCNC(=O)CCCOC1OC(CO)C(O)C(O)C1NC(C)=O. The summed E-state index contributed by atoms with van der Waals surface area (Å²) >= 11 is 0. The highest BCUT2D eigenvalue weighted by atomic mass is 16.7. The van der Waals surface area contributed by atoms with Crippen molar-refractivity contribution >= 4 is 71.3 Å². The fraction of sp³-hybridized carbons (Fsp3) is 0.855. The van der Waals surface area contributed by atoms with Gasteiger partial charge in [0, 0.05) is 131 Å². The Labute approximate surface area is 737 Å². The largest absolute Gasteiger partial charge is 0.450 e. The highest BCUT2D eigenvalue weighted by Gasteiger charge is 2.48. The number of methoxy groups -OCH3 is 2. The first-order chi connectivity index (χ1) is 60.5. The van der Waals surface area contributed by atoms with Gasteiger partial charge in [-0.1, -0.05) is 38.5 Å². The normalized spacial score (nSPS) is 24.5. The van der Waals surface area contributed by atoms with Crippen molar-refractivity contribution in [2.45, 2.75) is 329 Å². The summed E-state index contributed by atoms with van der Waals surface area (Å²) in [5.74, 6) is -2.85. The molecule has 17 atom stereocenters. The zero-order valence-corrected chi connectivity index (χ0v) is 74.1. The molecule has 43 heteroatoms. The van der Waals surface area contributed by atoms with Gasteiger partial charge in [-0.15, -0.1) is 0 Å². The molecule has 0 saturated carbocycles. The average molecular weight is 1810 g/mol. The van der Waals surface area contributed by atoms with Crippen molar-refractivity contribution in [2.24, 2.45) is 0 Å². The number of nitrogens with one attached hydrogen (secondary N) is 10. The molecule has 0 radical (unpaired) electrons. The third-order valence-corrected chi connectivity index (χ3v) is 21.9. The number of aliphatic hydroxyl groups excluding tert-OH is 9. The number of rotatable bonds is 66. The molecule has 11 amide bonds. The molecular weight excluding hydrogens is 1660 g/mol. The zero-order valence-electron chi connectivity index (χ0n) is 74.1. The highest BCUT2D eigenvalue weighted by molar-refractivity contribution is 5.85. The first-order valence-electron chi connectivity index (χ1n) is 44.7. The molecule has 726 valence electrons. The standard InChI is InChI=1S/C83H147N11O32/c1-54(98)90-68-74(110)71(107)60(50-95)124-77(68)118-42-20-27-63(102)84-36-14-6-9-17-39-87-80(113)121-45-23-33-83(93-66(105)32-31-58(101)26-12-13-30-67(106)94-49-59(117-5)48-57(94)53-116-4,34-24-46-122-81(114)88-40-18-10-7-15-37-85-64(103)28-21-43-119-78-69(91-55(2)99)75(111)72(108)61(51-96)125-78)35-25-47-123-82(115)89-41-19-11-8-16-38-86-65(104)29-22-44-120-79-70(92-56(3)100)76(112)73(109)62(52-97)126-79/h57,59-62,68-79,95-97,107-112H,6-53H2,1-5H3,(H,84,102)(H,85,103)(H,86,104)(H,87,113)(H,88,114)(H,89,115)(H,90,98)(H,91,99)(H,92,100)(H,93,105)/t57-,59+,60?,61?,62?,68?,69?,70?,71?,72?,73?,74?,75?,76?,77?,78?,79?,83?/m1/s1. The minimum Gasteiger partial charge on any atom is -0.450 e. The third kappa shape index (κ3) is 44.7. The summed E-state index contributed by atoms with van der Waals surface area (Å²) < 4.78 is 61.4. The Morgan fingerprint density at radius 2 is 0.706 bits per heavy atom. The van der Waals surface area contributed by atoms with E-state index in [1.54, 1.807) is 19.1 Å². The van der Waals surface area contributed by atoms with Crippen molar-refractivity contribution < 1.29 is 156 Å². The van der Waals surface area contributed by atoms with Crippen LogP contribution >= 0.6 is 0 Å². The van der Waals surface area contributed by atoms with Gasteiger partial charge in [-0.05, 0) is 116 Å². The Morgan fingerprint density at radius 3 is 1.02 bits per heavy atom. The molecule has 4 aliphatic rings. The molecule has 126 heavy (non-hydrogen) atoms. The van der Waals surface area contributed by atoms with Gasteiger partial charge >= 0.3 is 18.3 Å². The lowest BCUT2D eigenvalue weighted by Crippen LogP contribution is -2.64. The number of carbonyl (C=O) groups excluding carboxylic acids is 12. The smallest absolute Gasteiger partial charge is 0.407 e. The number of ether oxygens (including phenoxy) is 11. The molecule has 0 aromatic carbocycles. The van der Waals surface area contributed by atoms with Crippen LogP contribution in [-0.2, 0) is 95.3 Å². The molecule has 0 spiro atoms. The first kappa shape index (κ1) is 111. The fourth-order valence-corrected chi connectivity index (χ4v) is 15.1. The number of aliphatic hydroxyl groups is 9. The summed E-state index contributed by atoms with van der Waals surface area (Å²) in [5.41, 5.74) is -1.07.